The molecule has 6 nitrogen and oxygen atoms in total. The van der Waals surface area contributed by atoms with Crippen LogP contribution >= 0.6 is 11.3 Å². The number of amides is 3. The summed E-state index contributed by atoms with van der Waals surface area (Å²) in [5, 5.41) is 6.65. The molecule has 29 heavy (non-hydrogen) atoms. The summed E-state index contributed by atoms with van der Waals surface area (Å²) in [5.41, 5.74) is 0.773. The summed E-state index contributed by atoms with van der Waals surface area (Å²) in [4.78, 5) is 36.8. The highest BCUT2D eigenvalue weighted by atomic mass is 32.1. The number of thiophene rings is 1. The van der Waals surface area contributed by atoms with Gasteiger partial charge in [-0.05, 0) is 60.0 Å². The minimum absolute atomic E-state index is 0.253. The number of benzene rings is 2. The molecule has 0 fully saturated rings. The minimum atomic E-state index is -0.604. The smallest absolute Gasteiger partial charge is 0.321 e. The van der Waals surface area contributed by atoms with Crippen LogP contribution < -0.4 is 15.4 Å². The Bertz CT molecular complexity index is 987. The van der Waals surface area contributed by atoms with E-state index < -0.39 is 17.8 Å². The lowest BCUT2D eigenvalue weighted by atomic mass is 10.0. The SMILES string of the molecule is O=C(COc1ccc(C(=O)c2ccc(F)cc2)cc1)NC(=O)NCc1cccs1. The molecule has 0 saturated heterocycles. The molecule has 0 spiro atoms. The third kappa shape index (κ3) is 5.98. The van der Waals surface area contributed by atoms with Crippen LogP contribution in [-0.2, 0) is 11.3 Å². The van der Waals surface area contributed by atoms with Crippen molar-refractivity contribution in [3.8, 4) is 5.75 Å². The van der Waals surface area contributed by atoms with E-state index >= 15 is 0 Å². The standard InChI is InChI=1S/C21H17FN2O4S/c22-16-7-3-14(4-8-16)20(26)15-5-9-17(10-6-15)28-13-19(25)24-21(27)23-12-18-2-1-11-29-18/h1-11H,12-13H2,(H2,23,24,25,27). The number of nitrogens with one attached hydrogen (secondary N) is 2. The second-order valence-electron chi connectivity index (χ2n) is 5.96. The molecule has 148 valence electrons. The molecule has 0 aliphatic heterocycles. The average Bonchev–Trinajstić information content (AvgIpc) is 3.25. The minimum Gasteiger partial charge on any atom is -0.484 e. The number of urea groups is 1. The first-order valence-corrected chi connectivity index (χ1v) is 9.52. The summed E-state index contributed by atoms with van der Waals surface area (Å²) >= 11 is 1.50. The molecule has 2 N–H and O–H groups in total. The normalized spacial score (nSPS) is 10.2. The predicted molar refractivity (Wildman–Crippen MR) is 106 cm³/mol. The van der Waals surface area contributed by atoms with Gasteiger partial charge in [-0.3, -0.25) is 14.9 Å². The lowest BCUT2D eigenvalue weighted by Crippen LogP contribution is -2.41. The van der Waals surface area contributed by atoms with Crippen LogP contribution in [0.1, 0.15) is 20.8 Å². The second-order valence-corrected chi connectivity index (χ2v) is 6.99. The number of hydrogen-bond acceptors (Lipinski definition) is 5. The number of carbonyl (C=O) groups is 3. The molecule has 3 rings (SSSR count). The predicted octanol–water partition coefficient (Wildman–Crippen LogP) is 3.52. The van der Waals surface area contributed by atoms with Gasteiger partial charge in [0, 0.05) is 16.0 Å². The topological polar surface area (TPSA) is 84.5 Å². The van der Waals surface area contributed by atoms with Crippen molar-refractivity contribution >= 4 is 29.1 Å². The van der Waals surface area contributed by atoms with Crippen LogP contribution in [0.15, 0.2) is 66.0 Å². The zero-order valence-corrected chi connectivity index (χ0v) is 16.0. The van der Waals surface area contributed by atoms with Crippen LogP contribution in [0.5, 0.6) is 5.75 Å². The van der Waals surface area contributed by atoms with Crippen LogP contribution in [0.25, 0.3) is 0 Å². The molecule has 3 aromatic rings. The molecule has 8 heteroatoms. The molecule has 0 radical (unpaired) electrons. The maximum atomic E-state index is 13.0. The third-order valence-corrected chi connectivity index (χ3v) is 4.73. The Morgan fingerprint density at radius 2 is 1.59 bits per heavy atom. The number of ether oxygens (including phenoxy) is 1. The fourth-order valence-electron chi connectivity index (χ4n) is 2.41. The first-order chi connectivity index (χ1) is 14.0. The van der Waals surface area contributed by atoms with Crippen molar-refractivity contribution in [3.05, 3.63) is 87.9 Å². The van der Waals surface area contributed by atoms with Gasteiger partial charge in [-0.2, -0.15) is 0 Å². The van der Waals surface area contributed by atoms with Crippen molar-refractivity contribution in [2.24, 2.45) is 0 Å². The first-order valence-electron chi connectivity index (χ1n) is 8.64. The maximum absolute atomic E-state index is 13.0. The van der Waals surface area contributed by atoms with E-state index in [1.165, 1.54) is 35.6 Å². The van der Waals surface area contributed by atoms with Crippen molar-refractivity contribution in [2.75, 3.05) is 6.61 Å². The van der Waals surface area contributed by atoms with Crippen molar-refractivity contribution in [3.63, 3.8) is 0 Å². The van der Waals surface area contributed by atoms with Crippen molar-refractivity contribution in [2.45, 2.75) is 6.54 Å². The molecular weight excluding hydrogens is 395 g/mol. The highest BCUT2D eigenvalue weighted by Crippen LogP contribution is 2.16. The zero-order chi connectivity index (χ0) is 20.6. The van der Waals surface area contributed by atoms with Gasteiger partial charge >= 0.3 is 6.03 Å². The molecular formula is C21H17FN2O4S. The molecule has 0 atom stereocenters. The van der Waals surface area contributed by atoms with E-state index in [1.54, 1.807) is 24.3 Å². The van der Waals surface area contributed by atoms with Gasteiger partial charge in [0.05, 0.1) is 6.54 Å². The van der Waals surface area contributed by atoms with Crippen LogP contribution in [0.3, 0.4) is 0 Å². The van der Waals surface area contributed by atoms with Gasteiger partial charge in [0.2, 0.25) is 0 Å². The van der Waals surface area contributed by atoms with Gasteiger partial charge in [-0.1, -0.05) is 6.07 Å². The van der Waals surface area contributed by atoms with Crippen molar-refractivity contribution in [1.29, 1.82) is 0 Å². The largest absolute Gasteiger partial charge is 0.484 e. The van der Waals surface area contributed by atoms with E-state index in [-0.39, 0.29) is 12.4 Å². The number of ketones is 1. The Balaban J connectivity index is 1.45. The highest BCUT2D eigenvalue weighted by Gasteiger charge is 2.11. The van der Waals surface area contributed by atoms with Crippen LogP contribution in [0, 0.1) is 5.82 Å². The summed E-state index contributed by atoms with van der Waals surface area (Å²) in [6.07, 6.45) is 0. The lowest BCUT2D eigenvalue weighted by Gasteiger charge is -2.08. The Hall–Kier alpha value is -3.52. The van der Waals surface area contributed by atoms with E-state index in [4.69, 9.17) is 4.74 Å². The van der Waals surface area contributed by atoms with Gasteiger partial charge in [-0.15, -0.1) is 11.3 Å². The van der Waals surface area contributed by atoms with E-state index in [1.807, 2.05) is 17.5 Å². The summed E-state index contributed by atoms with van der Waals surface area (Å²) < 4.78 is 18.3. The van der Waals surface area contributed by atoms with Crippen molar-refractivity contribution in [1.82, 2.24) is 10.6 Å². The molecule has 0 saturated carbocycles. The quantitative estimate of drug-likeness (QED) is 0.582. The fourth-order valence-corrected chi connectivity index (χ4v) is 3.05. The number of hydrogen-bond donors (Lipinski definition) is 2. The van der Waals surface area contributed by atoms with Gasteiger partial charge < -0.3 is 10.1 Å². The van der Waals surface area contributed by atoms with Crippen LogP contribution in [0.4, 0.5) is 9.18 Å². The number of halogens is 1. The highest BCUT2D eigenvalue weighted by molar-refractivity contribution is 7.09. The third-order valence-electron chi connectivity index (χ3n) is 3.85. The Morgan fingerprint density at radius 3 is 2.21 bits per heavy atom. The Kier molecular flexibility index (Phi) is 6.70. The summed E-state index contributed by atoms with van der Waals surface area (Å²) in [6.45, 7) is -0.0150. The van der Waals surface area contributed by atoms with E-state index in [2.05, 4.69) is 10.6 Å². The van der Waals surface area contributed by atoms with E-state index in [0.717, 1.165) is 4.88 Å². The average molecular weight is 412 g/mol. The van der Waals surface area contributed by atoms with E-state index in [9.17, 15) is 18.8 Å². The van der Waals surface area contributed by atoms with Crippen molar-refractivity contribution < 1.29 is 23.5 Å². The number of carbonyl (C=O) groups excluding carboxylic acids is 3. The van der Waals surface area contributed by atoms with E-state index in [0.29, 0.717) is 23.4 Å². The zero-order valence-electron chi connectivity index (χ0n) is 15.2. The molecule has 1 aromatic heterocycles. The molecule has 3 amide bonds. The van der Waals surface area contributed by atoms with Crippen LogP contribution in [-0.4, -0.2) is 24.3 Å². The molecule has 0 aliphatic carbocycles. The fraction of sp³-hybridized carbons (Fsp3) is 0.0952. The van der Waals surface area contributed by atoms with Gasteiger partial charge in [0.25, 0.3) is 5.91 Å². The molecule has 2 aromatic carbocycles. The maximum Gasteiger partial charge on any atom is 0.321 e. The Morgan fingerprint density at radius 1 is 0.931 bits per heavy atom. The number of rotatable bonds is 7. The lowest BCUT2D eigenvalue weighted by molar-refractivity contribution is -0.122. The second kappa shape index (κ2) is 9.61. The van der Waals surface area contributed by atoms with Crippen LogP contribution in [0.2, 0.25) is 0 Å². The molecule has 0 aliphatic rings. The van der Waals surface area contributed by atoms with Gasteiger partial charge in [0.15, 0.2) is 12.4 Å². The molecule has 0 bridgehead atoms. The molecule has 0 unspecified atom stereocenters. The Labute approximate surface area is 170 Å². The van der Waals surface area contributed by atoms with Gasteiger partial charge in [-0.25, -0.2) is 9.18 Å². The monoisotopic (exact) mass is 412 g/mol. The summed E-state index contributed by atoms with van der Waals surface area (Å²) in [7, 11) is 0. The van der Waals surface area contributed by atoms with Gasteiger partial charge in [0.1, 0.15) is 11.6 Å². The molecule has 1 heterocycles. The number of imide groups is 1. The summed E-state index contributed by atoms with van der Waals surface area (Å²) in [5.74, 6) is -0.893. The summed E-state index contributed by atoms with van der Waals surface area (Å²) in [6, 6.07) is 14.6. The first kappa shape index (κ1) is 20.2.